The lowest BCUT2D eigenvalue weighted by Gasteiger charge is -2.11. The van der Waals surface area contributed by atoms with Gasteiger partial charge in [-0.2, -0.15) is 5.10 Å². The number of rotatable bonds is 3. The Bertz CT molecular complexity index is 1260. The van der Waals surface area contributed by atoms with Crippen molar-refractivity contribution in [3.05, 3.63) is 95.5 Å². The Morgan fingerprint density at radius 1 is 0.679 bits per heavy atom. The van der Waals surface area contributed by atoms with Crippen molar-refractivity contribution < 1.29 is 0 Å². The number of benzene rings is 4. The Balaban J connectivity index is 1.74. The molecule has 4 aromatic carbocycles. The summed E-state index contributed by atoms with van der Waals surface area (Å²) in [4.78, 5) is 4.83. The van der Waals surface area contributed by atoms with E-state index in [0.717, 1.165) is 37.9 Å². The van der Waals surface area contributed by atoms with E-state index in [2.05, 4.69) is 86.8 Å². The summed E-state index contributed by atoms with van der Waals surface area (Å²) < 4.78 is 1.06. The summed E-state index contributed by atoms with van der Waals surface area (Å²) in [6.45, 7) is 0. The molecule has 0 aliphatic carbocycles. The van der Waals surface area contributed by atoms with E-state index in [-0.39, 0.29) is 0 Å². The van der Waals surface area contributed by atoms with E-state index in [9.17, 15) is 0 Å². The molecule has 1 N–H and O–H groups in total. The number of H-pyrrole nitrogens is 1. The smallest absolute Gasteiger partial charge is 0.182 e. The zero-order valence-electron chi connectivity index (χ0n) is 14.9. The fraction of sp³-hybridized carbons (Fsp3) is 0. The summed E-state index contributed by atoms with van der Waals surface area (Å²) in [5.74, 6) is 1.47. The molecule has 0 spiro atoms. The number of aromatic nitrogens is 3. The molecule has 0 saturated heterocycles. The average molecular weight is 426 g/mol. The summed E-state index contributed by atoms with van der Waals surface area (Å²) in [6, 6.07) is 31.1. The third-order valence-electron chi connectivity index (χ3n) is 4.84. The topological polar surface area (TPSA) is 41.6 Å². The minimum Gasteiger partial charge on any atom is -0.259 e. The molecule has 0 amide bonds. The average Bonchev–Trinajstić information content (AvgIpc) is 3.24. The molecule has 0 aliphatic rings. The van der Waals surface area contributed by atoms with Gasteiger partial charge in [0.1, 0.15) is 0 Å². The van der Waals surface area contributed by atoms with Crippen molar-refractivity contribution in [3.63, 3.8) is 0 Å². The molecule has 3 nitrogen and oxygen atoms in total. The van der Waals surface area contributed by atoms with Gasteiger partial charge in [-0.05, 0) is 34.0 Å². The van der Waals surface area contributed by atoms with Crippen LogP contribution in [0.1, 0.15) is 0 Å². The molecule has 0 radical (unpaired) electrons. The Labute approximate surface area is 171 Å². The summed E-state index contributed by atoms with van der Waals surface area (Å²) >= 11 is 3.52. The molecule has 134 valence electrons. The molecular formula is C24H16BrN3. The zero-order valence-corrected chi connectivity index (χ0v) is 16.5. The molecule has 0 saturated carbocycles. The van der Waals surface area contributed by atoms with Crippen LogP contribution >= 0.6 is 15.9 Å². The monoisotopic (exact) mass is 425 g/mol. The van der Waals surface area contributed by atoms with E-state index < -0.39 is 0 Å². The number of nitrogens with one attached hydrogen (secondary N) is 1. The molecular weight excluding hydrogens is 410 g/mol. The zero-order chi connectivity index (χ0) is 18.9. The molecule has 1 heterocycles. The maximum absolute atomic E-state index is 4.83. The summed E-state index contributed by atoms with van der Waals surface area (Å²) in [5.41, 5.74) is 4.31. The highest BCUT2D eigenvalue weighted by molar-refractivity contribution is 9.10. The van der Waals surface area contributed by atoms with Crippen LogP contribution in [0.4, 0.5) is 0 Å². The van der Waals surface area contributed by atoms with Gasteiger partial charge >= 0.3 is 0 Å². The number of aromatic amines is 1. The Kier molecular flexibility index (Phi) is 4.26. The minimum atomic E-state index is 0.702. The second-order valence-corrected chi connectivity index (χ2v) is 7.51. The number of hydrogen-bond donors (Lipinski definition) is 1. The van der Waals surface area contributed by atoms with Crippen molar-refractivity contribution in [1.82, 2.24) is 15.2 Å². The third-order valence-corrected chi connectivity index (χ3v) is 5.37. The van der Waals surface area contributed by atoms with Gasteiger partial charge < -0.3 is 0 Å². The van der Waals surface area contributed by atoms with E-state index in [4.69, 9.17) is 4.98 Å². The van der Waals surface area contributed by atoms with Gasteiger partial charge in [0, 0.05) is 15.6 Å². The Morgan fingerprint density at radius 3 is 2.25 bits per heavy atom. The van der Waals surface area contributed by atoms with Crippen LogP contribution in [-0.2, 0) is 0 Å². The fourth-order valence-corrected chi connectivity index (χ4v) is 3.75. The van der Waals surface area contributed by atoms with Gasteiger partial charge in [-0.15, -0.1) is 0 Å². The van der Waals surface area contributed by atoms with E-state index in [1.54, 1.807) is 0 Å². The Hall–Kier alpha value is -3.24. The van der Waals surface area contributed by atoms with E-state index in [0.29, 0.717) is 5.82 Å². The number of halogens is 1. The van der Waals surface area contributed by atoms with Crippen LogP contribution < -0.4 is 0 Å². The van der Waals surface area contributed by atoms with E-state index >= 15 is 0 Å². The lowest BCUT2D eigenvalue weighted by atomic mass is 9.94. The summed E-state index contributed by atoms with van der Waals surface area (Å²) in [6.07, 6.45) is 0. The van der Waals surface area contributed by atoms with Gasteiger partial charge in [0.25, 0.3) is 0 Å². The van der Waals surface area contributed by atoms with Gasteiger partial charge in [0.2, 0.25) is 0 Å². The van der Waals surface area contributed by atoms with Gasteiger partial charge in [-0.25, -0.2) is 4.98 Å². The number of fused-ring (bicyclic) bond motifs is 1. The van der Waals surface area contributed by atoms with Gasteiger partial charge in [0.05, 0.1) is 0 Å². The second-order valence-electron chi connectivity index (χ2n) is 6.59. The highest BCUT2D eigenvalue weighted by Gasteiger charge is 2.16. The molecule has 0 aliphatic heterocycles. The van der Waals surface area contributed by atoms with E-state index in [1.807, 2.05) is 30.3 Å². The van der Waals surface area contributed by atoms with Crippen LogP contribution in [0, 0.1) is 0 Å². The minimum absolute atomic E-state index is 0.702. The Morgan fingerprint density at radius 2 is 1.43 bits per heavy atom. The molecule has 28 heavy (non-hydrogen) atoms. The lowest BCUT2D eigenvalue weighted by Crippen LogP contribution is -1.90. The first-order valence-electron chi connectivity index (χ1n) is 9.05. The number of nitrogens with zero attached hydrogens (tertiary/aromatic N) is 2. The van der Waals surface area contributed by atoms with Gasteiger partial charge in [-0.1, -0.05) is 94.8 Å². The van der Waals surface area contributed by atoms with Gasteiger partial charge in [0.15, 0.2) is 11.6 Å². The quantitative estimate of drug-likeness (QED) is 0.348. The summed E-state index contributed by atoms with van der Waals surface area (Å²) in [7, 11) is 0. The fourth-order valence-electron chi connectivity index (χ4n) is 3.48. The normalized spacial score (nSPS) is 11.0. The van der Waals surface area contributed by atoms with Gasteiger partial charge in [-0.3, -0.25) is 5.10 Å². The van der Waals surface area contributed by atoms with Crippen molar-refractivity contribution >= 4 is 26.7 Å². The van der Waals surface area contributed by atoms with Crippen LogP contribution in [0.5, 0.6) is 0 Å². The maximum Gasteiger partial charge on any atom is 0.182 e. The predicted molar refractivity (Wildman–Crippen MR) is 118 cm³/mol. The maximum atomic E-state index is 4.83. The molecule has 0 atom stereocenters. The lowest BCUT2D eigenvalue weighted by molar-refractivity contribution is 1.10. The molecule has 5 aromatic rings. The highest BCUT2D eigenvalue weighted by Crippen LogP contribution is 2.37. The molecule has 0 fully saturated rings. The highest BCUT2D eigenvalue weighted by atomic mass is 79.9. The first-order valence-corrected chi connectivity index (χ1v) is 9.85. The SMILES string of the molecule is Brc1ccc(-c2ccc3ccccc3c2-c2n[nH]c(-c3ccccc3)n2)cc1. The molecule has 5 rings (SSSR count). The van der Waals surface area contributed by atoms with E-state index in [1.165, 1.54) is 5.39 Å². The van der Waals surface area contributed by atoms with Crippen molar-refractivity contribution in [2.24, 2.45) is 0 Å². The van der Waals surface area contributed by atoms with Crippen molar-refractivity contribution in [2.75, 3.05) is 0 Å². The largest absolute Gasteiger partial charge is 0.259 e. The van der Waals surface area contributed by atoms with Crippen LogP contribution in [0.25, 0.3) is 44.7 Å². The van der Waals surface area contributed by atoms with Crippen LogP contribution in [0.15, 0.2) is 95.5 Å². The van der Waals surface area contributed by atoms with Crippen molar-refractivity contribution in [2.45, 2.75) is 0 Å². The first kappa shape index (κ1) is 16.9. The van der Waals surface area contributed by atoms with Crippen molar-refractivity contribution in [1.29, 1.82) is 0 Å². The first-order chi connectivity index (χ1) is 13.8. The van der Waals surface area contributed by atoms with Crippen LogP contribution in [0.2, 0.25) is 0 Å². The molecule has 4 heteroatoms. The van der Waals surface area contributed by atoms with Crippen LogP contribution in [-0.4, -0.2) is 15.2 Å². The number of hydrogen-bond acceptors (Lipinski definition) is 2. The molecule has 0 unspecified atom stereocenters. The van der Waals surface area contributed by atoms with Crippen molar-refractivity contribution in [3.8, 4) is 33.9 Å². The second kappa shape index (κ2) is 7.06. The standard InChI is InChI=1S/C24H16BrN3/c25-19-13-10-17(11-14-19)21-15-12-16-6-4-5-9-20(16)22(21)24-26-23(27-28-24)18-7-2-1-3-8-18/h1-15H,(H,26,27,28). The molecule has 1 aromatic heterocycles. The van der Waals surface area contributed by atoms with Crippen LogP contribution in [0.3, 0.4) is 0 Å². The third kappa shape index (κ3) is 3.02. The summed E-state index contributed by atoms with van der Waals surface area (Å²) in [5, 5.41) is 9.99. The molecule has 0 bridgehead atoms. The predicted octanol–water partition coefficient (Wildman–Crippen LogP) is 6.72.